The summed E-state index contributed by atoms with van der Waals surface area (Å²) in [5.74, 6) is 2.84. The van der Waals surface area contributed by atoms with Crippen LogP contribution in [0.2, 0.25) is 0 Å². The average Bonchev–Trinajstić information content (AvgIpc) is 2.78. The summed E-state index contributed by atoms with van der Waals surface area (Å²) in [6, 6.07) is 20.2. The first kappa shape index (κ1) is 19.6. The van der Waals surface area contributed by atoms with E-state index in [2.05, 4.69) is 83.7 Å². The number of fused-ring (bicyclic) bond motifs is 4. The molecule has 5 rings (SSSR count). The van der Waals surface area contributed by atoms with Crippen molar-refractivity contribution in [2.24, 2.45) is 5.92 Å². The van der Waals surface area contributed by atoms with Crippen molar-refractivity contribution in [2.45, 2.75) is 57.2 Å². The Morgan fingerprint density at radius 3 is 2.60 bits per heavy atom. The molecule has 1 N–H and O–H groups in total. The number of piperidine rings is 2. The predicted octanol–water partition coefficient (Wildman–Crippen LogP) is 4.23. The summed E-state index contributed by atoms with van der Waals surface area (Å²) in [5.41, 5.74) is 8.44. The molecule has 2 aromatic carbocycles. The minimum absolute atomic E-state index is 0.271. The van der Waals surface area contributed by atoms with Gasteiger partial charge in [-0.1, -0.05) is 54.6 Å². The van der Waals surface area contributed by atoms with E-state index in [9.17, 15) is 4.79 Å². The first-order chi connectivity index (χ1) is 14.6. The lowest BCUT2D eigenvalue weighted by molar-refractivity contribution is -0.0291. The molecule has 30 heavy (non-hydrogen) atoms. The lowest BCUT2D eigenvalue weighted by atomic mass is 9.76. The van der Waals surface area contributed by atoms with E-state index < -0.39 is 0 Å². The maximum Gasteiger partial charge on any atom is 0.147 e. The van der Waals surface area contributed by atoms with Gasteiger partial charge in [0.25, 0.3) is 0 Å². The van der Waals surface area contributed by atoms with E-state index in [-0.39, 0.29) is 5.54 Å². The Balaban J connectivity index is 1.46. The Labute approximate surface area is 179 Å². The van der Waals surface area contributed by atoms with Gasteiger partial charge in [-0.3, -0.25) is 9.91 Å². The van der Waals surface area contributed by atoms with Crippen LogP contribution in [0, 0.1) is 5.92 Å². The number of nitrogens with zero attached hydrogens (tertiary/aromatic N) is 2. The van der Waals surface area contributed by atoms with Gasteiger partial charge in [-0.25, -0.2) is 10.2 Å². The maximum absolute atomic E-state index is 11.9. The molecule has 2 saturated heterocycles. The van der Waals surface area contributed by atoms with Crippen LogP contribution in [0.15, 0.2) is 60.3 Å². The molecule has 0 radical (unpaired) electrons. The van der Waals surface area contributed by atoms with Crippen molar-refractivity contribution in [3.8, 4) is 0 Å². The molecule has 2 aromatic rings. The highest BCUT2D eigenvalue weighted by atomic mass is 16.1. The summed E-state index contributed by atoms with van der Waals surface area (Å²) in [5, 5.41) is 2.20. The molecular formula is C26H31N3O. The third-order valence-electron chi connectivity index (χ3n) is 7.39. The molecule has 0 aromatic heterocycles. The van der Waals surface area contributed by atoms with Crippen LogP contribution in [0.25, 0.3) is 0 Å². The van der Waals surface area contributed by atoms with Gasteiger partial charge in [0.15, 0.2) is 0 Å². The molecule has 4 heteroatoms. The van der Waals surface area contributed by atoms with E-state index in [0.29, 0.717) is 18.0 Å². The first-order valence-electron chi connectivity index (χ1n) is 11.3. The third kappa shape index (κ3) is 3.39. The molecule has 3 aliphatic heterocycles. The highest BCUT2D eigenvalue weighted by Gasteiger charge is 2.45. The molecule has 0 aliphatic carbocycles. The van der Waals surface area contributed by atoms with Crippen LogP contribution in [0.4, 0.5) is 0 Å². The summed E-state index contributed by atoms with van der Waals surface area (Å²) in [6.45, 7) is 6.64. The van der Waals surface area contributed by atoms with Gasteiger partial charge in [0, 0.05) is 19.1 Å². The molecule has 0 unspecified atom stereocenters. The predicted molar refractivity (Wildman–Crippen MR) is 119 cm³/mol. The molecule has 0 amide bonds. The topological polar surface area (TPSA) is 35.6 Å². The van der Waals surface area contributed by atoms with Crippen LogP contribution in [-0.4, -0.2) is 35.0 Å². The molecular weight excluding hydrogens is 370 g/mol. The zero-order chi connectivity index (χ0) is 20.7. The van der Waals surface area contributed by atoms with Crippen LogP contribution in [0.5, 0.6) is 0 Å². The third-order valence-corrected chi connectivity index (χ3v) is 7.39. The second kappa shape index (κ2) is 7.70. The second-order valence-electron chi connectivity index (χ2n) is 9.58. The minimum Gasteiger partial charge on any atom is -0.297 e. The van der Waals surface area contributed by atoms with Crippen LogP contribution in [-0.2, 0) is 16.8 Å². The van der Waals surface area contributed by atoms with Gasteiger partial charge in [0.1, 0.15) is 11.6 Å². The standard InChI is InChI=1S/C26H31N3O/c1-26(2,21-9-4-3-5-10-21)27-29-22(18-30)13-12-20-17-28-15-14-19-8-6-7-11-23(19)25(28)16-24(20)29/h3-11,20,24-25,27H,12-17H2,1-2H3/t20-,24+,25-/m1/s1. The summed E-state index contributed by atoms with van der Waals surface area (Å²) in [7, 11) is 0. The van der Waals surface area contributed by atoms with Gasteiger partial charge >= 0.3 is 0 Å². The van der Waals surface area contributed by atoms with E-state index in [0.717, 1.165) is 44.5 Å². The number of hydrogen-bond donors (Lipinski definition) is 1. The molecule has 0 bridgehead atoms. The fraction of sp³-hybridized carbons (Fsp3) is 0.462. The van der Waals surface area contributed by atoms with E-state index in [4.69, 9.17) is 0 Å². The van der Waals surface area contributed by atoms with Gasteiger partial charge in [0.05, 0.1) is 11.6 Å². The Hall–Kier alpha value is -2.39. The smallest absolute Gasteiger partial charge is 0.147 e. The molecule has 3 aliphatic rings. The van der Waals surface area contributed by atoms with Crippen molar-refractivity contribution in [3.05, 3.63) is 77.0 Å². The normalized spacial score (nSPS) is 26.4. The van der Waals surface area contributed by atoms with Crippen LogP contribution in [0.3, 0.4) is 0 Å². The number of hydrazine groups is 1. The minimum atomic E-state index is -0.271. The fourth-order valence-corrected chi connectivity index (χ4v) is 5.76. The van der Waals surface area contributed by atoms with Gasteiger partial charge in [-0.05, 0) is 62.1 Å². The fourth-order valence-electron chi connectivity index (χ4n) is 5.76. The molecule has 2 fully saturated rings. The van der Waals surface area contributed by atoms with Crippen molar-refractivity contribution in [3.63, 3.8) is 0 Å². The Morgan fingerprint density at radius 1 is 1.03 bits per heavy atom. The Morgan fingerprint density at radius 2 is 1.80 bits per heavy atom. The number of allylic oxidation sites excluding steroid dienone is 1. The summed E-state index contributed by atoms with van der Waals surface area (Å²) >= 11 is 0. The quantitative estimate of drug-likeness (QED) is 0.781. The van der Waals surface area contributed by atoms with Crippen molar-refractivity contribution < 1.29 is 4.79 Å². The molecule has 3 atom stereocenters. The highest BCUT2D eigenvalue weighted by molar-refractivity contribution is 5.52. The second-order valence-corrected chi connectivity index (χ2v) is 9.58. The number of rotatable bonds is 3. The molecule has 156 valence electrons. The van der Waals surface area contributed by atoms with Crippen molar-refractivity contribution in [1.29, 1.82) is 0 Å². The number of carbonyl (C=O) groups excluding carboxylic acids is 1. The van der Waals surface area contributed by atoms with Crippen LogP contribution < -0.4 is 5.43 Å². The number of benzene rings is 2. The zero-order valence-corrected chi connectivity index (χ0v) is 18.0. The Kier molecular flexibility index (Phi) is 5.02. The van der Waals surface area contributed by atoms with Crippen molar-refractivity contribution in [2.75, 3.05) is 13.1 Å². The molecule has 3 heterocycles. The van der Waals surface area contributed by atoms with Crippen molar-refractivity contribution >= 4 is 5.94 Å². The Bertz CT molecular complexity index is 963. The lowest BCUT2D eigenvalue weighted by Crippen LogP contribution is -2.61. The number of nitrogens with one attached hydrogen (secondary N) is 1. The molecule has 0 spiro atoms. The monoisotopic (exact) mass is 401 g/mol. The summed E-state index contributed by atoms with van der Waals surface area (Å²) in [4.78, 5) is 14.6. The van der Waals surface area contributed by atoms with Crippen LogP contribution in [0.1, 0.15) is 55.8 Å². The van der Waals surface area contributed by atoms with E-state index >= 15 is 0 Å². The first-order valence-corrected chi connectivity index (χ1v) is 11.3. The van der Waals surface area contributed by atoms with Crippen molar-refractivity contribution in [1.82, 2.24) is 15.3 Å². The van der Waals surface area contributed by atoms with Gasteiger partial charge in [-0.15, -0.1) is 0 Å². The maximum atomic E-state index is 11.9. The highest BCUT2D eigenvalue weighted by Crippen LogP contribution is 2.44. The summed E-state index contributed by atoms with van der Waals surface area (Å²) < 4.78 is 0. The molecule has 4 nitrogen and oxygen atoms in total. The zero-order valence-electron chi connectivity index (χ0n) is 18.0. The van der Waals surface area contributed by atoms with Gasteiger partial charge in [0.2, 0.25) is 0 Å². The average molecular weight is 402 g/mol. The van der Waals surface area contributed by atoms with E-state index in [1.807, 2.05) is 6.07 Å². The lowest BCUT2D eigenvalue weighted by Gasteiger charge is -2.54. The number of hydrogen-bond acceptors (Lipinski definition) is 4. The van der Waals surface area contributed by atoms with E-state index in [1.54, 1.807) is 0 Å². The van der Waals surface area contributed by atoms with Gasteiger partial charge < -0.3 is 0 Å². The summed E-state index contributed by atoms with van der Waals surface area (Å²) in [6.07, 6.45) is 4.07. The van der Waals surface area contributed by atoms with Crippen LogP contribution >= 0.6 is 0 Å². The molecule has 0 saturated carbocycles. The SMILES string of the molecule is CC(C)(NN1C(=C=O)CC[C@@H]2CN3CCc4ccccc4[C@H]3C[C@@H]21)c1ccccc1. The largest absolute Gasteiger partial charge is 0.297 e. The van der Waals surface area contributed by atoms with Gasteiger partial charge in [-0.2, -0.15) is 0 Å². The van der Waals surface area contributed by atoms with E-state index in [1.165, 1.54) is 16.7 Å².